The van der Waals surface area contributed by atoms with Gasteiger partial charge in [0.2, 0.25) is 0 Å². The van der Waals surface area contributed by atoms with Crippen LogP contribution in [0.5, 0.6) is 0 Å². The van der Waals surface area contributed by atoms with Crippen molar-refractivity contribution in [3.63, 3.8) is 0 Å². The molecule has 0 amide bonds. The molecule has 2 fully saturated rings. The largest absolute Gasteiger partial charge is 0.509 e. The molecule has 7 nitrogen and oxygen atoms in total. The molecule has 2 rings (SSSR count). The van der Waals surface area contributed by atoms with E-state index in [2.05, 4.69) is 20.8 Å². The summed E-state index contributed by atoms with van der Waals surface area (Å²) in [6.07, 6.45) is 0.0176. The highest BCUT2D eigenvalue weighted by Crippen LogP contribution is 2.54. The molecule has 1 saturated carbocycles. The molecule has 0 spiro atoms. The fourth-order valence-electron chi connectivity index (χ4n) is 5.91. The average Bonchev–Trinajstić information content (AvgIpc) is 3.03. The maximum Gasteiger partial charge on any atom is 0.509 e. The van der Waals surface area contributed by atoms with Crippen LogP contribution in [-0.4, -0.2) is 50.1 Å². The SMILES string of the molecule is CC[Si](CC)(CC)O[C@H](CC=O)[C@@]1(C[C@@H]2OC(=O)OC2(C)C)CCC(C)(C)C(C(=O)C(C)C)C1=O. The van der Waals surface area contributed by atoms with Crippen LogP contribution in [0.15, 0.2) is 0 Å². The van der Waals surface area contributed by atoms with Gasteiger partial charge in [0.1, 0.15) is 23.8 Å². The van der Waals surface area contributed by atoms with Crippen LogP contribution < -0.4 is 0 Å². The van der Waals surface area contributed by atoms with E-state index in [4.69, 9.17) is 13.9 Å². The van der Waals surface area contributed by atoms with Gasteiger partial charge in [0.25, 0.3) is 0 Å². The van der Waals surface area contributed by atoms with Crippen molar-refractivity contribution in [2.75, 3.05) is 0 Å². The molecule has 0 aromatic heterocycles. The second-order valence-corrected chi connectivity index (χ2v) is 16.7. The molecule has 0 bridgehead atoms. The maximum atomic E-state index is 14.6. The van der Waals surface area contributed by atoms with E-state index in [0.717, 1.165) is 24.4 Å². The van der Waals surface area contributed by atoms with Gasteiger partial charge < -0.3 is 18.7 Å². The summed E-state index contributed by atoms with van der Waals surface area (Å²) in [6.45, 7) is 17.4. The lowest BCUT2D eigenvalue weighted by Gasteiger charge is -2.52. The number of rotatable bonds is 12. The molecule has 4 atom stereocenters. The minimum atomic E-state index is -2.23. The molecule has 1 saturated heterocycles. The van der Waals surface area contributed by atoms with Crippen molar-refractivity contribution in [2.45, 2.75) is 124 Å². The topological polar surface area (TPSA) is 96.0 Å². The van der Waals surface area contributed by atoms with Gasteiger partial charge in [-0.1, -0.05) is 48.5 Å². The van der Waals surface area contributed by atoms with Crippen LogP contribution in [0.1, 0.15) is 88.0 Å². The molecule has 200 valence electrons. The Morgan fingerprint density at radius 3 is 2.09 bits per heavy atom. The first-order valence-corrected chi connectivity index (χ1v) is 15.8. The summed E-state index contributed by atoms with van der Waals surface area (Å²) < 4.78 is 17.8. The monoisotopic (exact) mass is 510 g/mol. The Morgan fingerprint density at radius 2 is 1.66 bits per heavy atom. The van der Waals surface area contributed by atoms with Crippen LogP contribution in [0.3, 0.4) is 0 Å². The number of hydrogen-bond acceptors (Lipinski definition) is 7. The molecular formula is C27H46O7Si. The number of ether oxygens (including phenoxy) is 2. The first-order chi connectivity index (χ1) is 16.1. The smallest absolute Gasteiger partial charge is 0.427 e. The lowest BCUT2D eigenvalue weighted by molar-refractivity contribution is -0.161. The third kappa shape index (κ3) is 5.73. The summed E-state index contributed by atoms with van der Waals surface area (Å²) in [7, 11) is -2.23. The predicted octanol–water partition coefficient (Wildman–Crippen LogP) is 5.89. The van der Waals surface area contributed by atoms with Crippen LogP contribution in [0, 0.1) is 22.7 Å². The minimum Gasteiger partial charge on any atom is -0.427 e. The van der Waals surface area contributed by atoms with Gasteiger partial charge in [0, 0.05) is 18.8 Å². The Morgan fingerprint density at radius 1 is 1.09 bits per heavy atom. The van der Waals surface area contributed by atoms with Crippen molar-refractivity contribution in [3.8, 4) is 0 Å². The minimum absolute atomic E-state index is 0.0610. The van der Waals surface area contributed by atoms with E-state index in [1.807, 2.05) is 27.7 Å². The van der Waals surface area contributed by atoms with Crippen LogP contribution in [0.4, 0.5) is 4.79 Å². The molecule has 2 aliphatic rings. The fourth-order valence-corrected chi connectivity index (χ4v) is 8.84. The van der Waals surface area contributed by atoms with E-state index in [9.17, 15) is 19.2 Å². The van der Waals surface area contributed by atoms with Crippen molar-refractivity contribution >= 4 is 32.3 Å². The summed E-state index contributed by atoms with van der Waals surface area (Å²) >= 11 is 0. The van der Waals surface area contributed by atoms with Gasteiger partial charge in [-0.15, -0.1) is 0 Å². The Bertz CT molecular complexity index is 806. The summed E-state index contributed by atoms with van der Waals surface area (Å²) in [5.74, 6) is -1.37. The van der Waals surface area contributed by atoms with Crippen molar-refractivity contribution in [3.05, 3.63) is 0 Å². The lowest BCUT2D eigenvalue weighted by Crippen LogP contribution is -2.60. The summed E-state index contributed by atoms with van der Waals surface area (Å²) in [6, 6.07) is 2.60. The van der Waals surface area contributed by atoms with Gasteiger partial charge in [0.15, 0.2) is 14.1 Å². The molecule has 0 radical (unpaired) electrons. The van der Waals surface area contributed by atoms with Gasteiger partial charge in [0.05, 0.1) is 17.4 Å². The van der Waals surface area contributed by atoms with E-state index in [1.165, 1.54) is 0 Å². The number of ketones is 2. The predicted molar refractivity (Wildman–Crippen MR) is 137 cm³/mol. The summed E-state index contributed by atoms with van der Waals surface area (Å²) in [5, 5.41) is 0. The normalized spacial score (nSPS) is 29.0. The second kappa shape index (κ2) is 10.8. The van der Waals surface area contributed by atoms with Crippen LogP contribution in [-0.2, 0) is 28.3 Å². The third-order valence-electron chi connectivity index (χ3n) is 8.77. The lowest BCUT2D eigenvalue weighted by atomic mass is 9.53. The maximum absolute atomic E-state index is 14.6. The highest BCUT2D eigenvalue weighted by Gasteiger charge is 2.61. The highest BCUT2D eigenvalue weighted by atomic mass is 28.4. The highest BCUT2D eigenvalue weighted by molar-refractivity contribution is 6.73. The molecule has 1 heterocycles. The van der Waals surface area contributed by atoms with Crippen molar-refractivity contribution < 1.29 is 33.1 Å². The van der Waals surface area contributed by atoms with Crippen LogP contribution in [0.2, 0.25) is 18.1 Å². The van der Waals surface area contributed by atoms with E-state index in [-0.39, 0.29) is 30.3 Å². The molecule has 1 aliphatic carbocycles. The number of carbonyl (C=O) groups excluding carboxylic acids is 4. The van der Waals surface area contributed by atoms with Crippen LogP contribution in [0.25, 0.3) is 0 Å². The molecule has 35 heavy (non-hydrogen) atoms. The van der Waals surface area contributed by atoms with Gasteiger partial charge in [-0.05, 0) is 50.2 Å². The summed E-state index contributed by atoms with van der Waals surface area (Å²) in [4.78, 5) is 52.0. The average molecular weight is 511 g/mol. The Kier molecular flexibility index (Phi) is 9.19. The quantitative estimate of drug-likeness (QED) is 0.140. The number of hydrogen-bond donors (Lipinski definition) is 0. The number of Topliss-reactive ketones (excluding diaryl/α,β-unsaturated/α-hetero) is 2. The Labute approximate surface area is 212 Å². The van der Waals surface area contributed by atoms with Crippen molar-refractivity contribution in [2.24, 2.45) is 22.7 Å². The molecule has 1 aliphatic heterocycles. The first kappa shape index (κ1) is 29.7. The number of carbonyl (C=O) groups is 4. The molecule has 0 N–H and O–H groups in total. The molecule has 1 unspecified atom stereocenters. The number of aldehydes is 1. The molecular weight excluding hydrogens is 464 g/mol. The van der Waals surface area contributed by atoms with Crippen molar-refractivity contribution in [1.29, 1.82) is 0 Å². The van der Waals surface area contributed by atoms with E-state index in [1.54, 1.807) is 13.8 Å². The van der Waals surface area contributed by atoms with E-state index < -0.39 is 49.0 Å². The van der Waals surface area contributed by atoms with Crippen molar-refractivity contribution in [1.82, 2.24) is 0 Å². The zero-order chi connectivity index (χ0) is 26.8. The van der Waals surface area contributed by atoms with E-state index >= 15 is 0 Å². The second-order valence-electron chi connectivity index (χ2n) is 12.0. The van der Waals surface area contributed by atoms with Gasteiger partial charge in [-0.25, -0.2) is 4.79 Å². The Balaban J connectivity index is 2.69. The van der Waals surface area contributed by atoms with Crippen LogP contribution >= 0.6 is 0 Å². The van der Waals surface area contributed by atoms with Gasteiger partial charge in [-0.3, -0.25) is 9.59 Å². The standard InChI is InChI=1S/C27H46O7Si/c1-10-35(11-2,12-3)34-19(13-16-28)27(17-20-26(8,9)33-24(31)32-20)15-14-25(6,7)21(23(27)30)22(29)18(4)5/h16,18-21H,10-15,17H2,1-9H3/t19-,20+,21?,27+/m1/s1. The summed E-state index contributed by atoms with van der Waals surface area (Å²) in [5.41, 5.74) is -2.57. The number of cyclic esters (lactones) is 2. The van der Waals surface area contributed by atoms with E-state index in [0.29, 0.717) is 12.8 Å². The third-order valence-corrected chi connectivity index (χ3v) is 13.4. The zero-order valence-electron chi connectivity index (χ0n) is 23.2. The van der Waals surface area contributed by atoms with Gasteiger partial charge >= 0.3 is 6.16 Å². The molecule has 8 heteroatoms. The fraction of sp³-hybridized carbons (Fsp3) is 0.852. The molecule has 0 aromatic rings. The first-order valence-electron chi connectivity index (χ1n) is 13.2. The zero-order valence-corrected chi connectivity index (χ0v) is 24.2. The molecule has 0 aromatic carbocycles. The Hall–Kier alpha value is -1.54. The van der Waals surface area contributed by atoms with Gasteiger partial charge in [-0.2, -0.15) is 0 Å².